The van der Waals surface area contributed by atoms with Crippen molar-refractivity contribution >= 4 is 17.8 Å². The van der Waals surface area contributed by atoms with Crippen LogP contribution < -0.4 is 10.6 Å². The summed E-state index contributed by atoms with van der Waals surface area (Å²) in [6.45, 7) is 1.43. The molecule has 3 aromatic rings. The van der Waals surface area contributed by atoms with Crippen LogP contribution in [0.4, 0.5) is 0 Å². The van der Waals surface area contributed by atoms with Gasteiger partial charge in [0.15, 0.2) is 6.61 Å². The van der Waals surface area contributed by atoms with E-state index in [-0.39, 0.29) is 18.4 Å². The van der Waals surface area contributed by atoms with E-state index in [9.17, 15) is 14.4 Å². The second-order valence-corrected chi connectivity index (χ2v) is 7.39. The lowest BCUT2D eigenvalue weighted by molar-refractivity contribution is -0.150. The average molecular weight is 431 g/mol. The standard InChI is InChI=1S/C26H26N2O4/c1-19(21-13-7-3-8-14-21)27-24(29)18-32-26(31)23(17-20-11-5-2-6-12-20)28-25(30)22-15-9-4-10-16-22/h2-16,19,23H,17-18H2,1H3,(H,27,29)(H,28,30). The van der Waals surface area contributed by atoms with Gasteiger partial charge in [-0.15, -0.1) is 0 Å². The molecule has 2 amide bonds. The highest BCUT2D eigenvalue weighted by molar-refractivity contribution is 5.97. The molecule has 0 radical (unpaired) electrons. The van der Waals surface area contributed by atoms with Crippen LogP contribution in [0.15, 0.2) is 91.0 Å². The van der Waals surface area contributed by atoms with Crippen LogP contribution in [0.1, 0.15) is 34.5 Å². The van der Waals surface area contributed by atoms with Crippen molar-refractivity contribution in [2.45, 2.75) is 25.4 Å². The molecule has 2 N–H and O–H groups in total. The summed E-state index contributed by atoms with van der Waals surface area (Å²) in [5, 5.41) is 5.53. The van der Waals surface area contributed by atoms with Crippen LogP contribution in [0.3, 0.4) is 0 Å². The normalized spacial score (nSPS) is 12.3. The Morgan fingerprint density at radius 3 is 1.97 bits per heavy atom. The van der Waals surface area contributed by atoms with Gasteiger partial charge >= 0.3 is 5.97 Å². The molecule has 0 saturated carbocycles. The van der Waals surface area contributed by atoms with Gasteiger partial charge in [0.25, 0.3) is 11.8 Å². The molecule has 0 saturated heterocycles. The molecule has 0 aliphatic carbocycles. The highest BCUT2D eigenvalue weighted by atomic mass is 16.5. The van der Waals surface area contributed by atoms with E-state index in [1.165, 1.54) is 0 Å². The number of rotatable bonds is 9. The van der Waals surface area contributed by atoms with E-state index in [1.54, 1.807) is 24.3 Å². The summed E-state index contributed by atoms with van der Waals surface area (Å²) in [6, 6.07) is 26.3. The first-order valence-electron chi connectivity index (χ1n) is 10.4. The number of hydrogen-bond donors (Lipinski definition) is 2. The Balaban J connectivity index is 1.61. The predicted molar refractivity (Wildman–Crippen MR) is 122 cm³/mol. The zero-order valence-corrected chi connectivity index (χ0v) is 17.9. The number of carbonyl (C=O) groups is 3. The first kappa shape index (κ1) is 22.7. The lowest BCUT2D eigenvalue weighted by atomic mass is 10.1. The van der Waals surface area contributed by atoms with Gasteiger partial charge in [0, 0.05) is 12.0 Å². The first-order valence-corrected chi connectivity index (χ1v) is 10.4. The van der Waals surface area contributed by atoms with Gasteiger partial charge in [-0.1, -0.05) is 78.9 Å². The van der Waals surface area contributed by atoms with Crippen LogP contribution in [-0.2, 0) is 20.7 Å². The second kappa shape index (κ2) is 11.5. The van der Waals surface area contributed by atoms with Gasteiger partial charge in [0.1, 0.15) is 6.04 Å². The lowest BCUT2D eigenvalue weighted by Gasteiger charge is -2.19. The smallest absolute Gasteiger partial charge is 0.329 e. The molecule has 0 aliphatic rings. The average Bonchev–Trinajstić information content (AvgIpc) is 2.83. The molecule has 0 aromatic heterocycles. The van der Waals surface area contributed by atoms with Gasteiger partial charge in [-0.05, 0) is 30.2 Å². The second-order valence-electron chi connectivity index (χ2n) is 7.39. The predicted octanol–water partition coefficient (Wildman–Crippen LogP) is 3.45. The Labute approximate surface area is 187 Å². The van der Waals surface area contributed by atoms with Gasteiger partial charge in [-0.2, -0.15) is 0 Å². The van der Waals surface area contributed by atoms with Crippen molar-refractivity contribution in [3.8, 4) is 0 Å². The van der Waals surface area contributed by atoms with Crippen molar-refractivity contribution in [1.29, 1.82) is 0 Å². The van der Waals surface area contributed by atoms with E-state index in [4.69, 9.17) is 4.74 Å². The summed E-state index contributed by atoms with van der Waals surface area (Å²) in [5.74, 6) is -1.46. The molecule has 0 bridgehead atoms. The highest BCUT2D eigenvalue weighted by Gasteiger charge is 2.24. The fourth-order valence-corrected chi connectivity index (χ4v) is 3.22. The van der Waals surface area contributed by atoms with Crippen LogP contribution in [-0.4, -0.2) is 30.4 Å². The zero-order chi connectivity index (χ0) is 22.8. The van der Waals surface area contributed by atoms with Crippen LogP contribution in [0.5, 0.6) is 0 Å². The summed E-state index contributed by atoms with van der Waals surface area (Å²) < 4.78 is 5.25. The van der Waals surface area contributed by atoms with Crippen molar-refractivity contribution in [2.24, 2.45) is 0 Å². The van der Waals surface area contributed by atoms with Gasteiger partial charge in [-0.25, -0.2) is 4.79 Å². The molecule has 6 heteroatoms. The minimum Gasteiger partial charge on any atom is -0.454 e. The Morgan fingerprint density at radius 2 is 1.34 bits per heavy atom. The maximum atomic E-state index is 12.8. The third kappa shape index (κ3) is 6.80. The molecule has 6 nitrogen and oxygen atoms in total. The van der Waals surface area contributed by atoms with Gasteiger partial charge in [0.2, 0.25) is 0 Å². The van der Waals surface area contributed by atoms with Crippen molar-refractivity contribution in [3.05, 3.63) is 108 Å². The molecule has 2 unspecified atom stereocenters. The number of hydrogen-bond acceptors (Lipinski definition) is 4. The Bertz CT molecular complexity index is 1020. The Morgan fingerprint density at radius 1 is 0.781 bits per heavy atom. The lowest BCUT2D eigenvalue weighted by Crippen LogP contribution is -2.44. The van der Waals surface area contributed by atoms with Crippen LogP contribution >= 0.6 is 0 Å². The molecule has 0 aliphatic heterocycles. The van der Waals surface area contributed by atoms with Crippen molar-refractivity contribution in [2.75, 3.05) is 6.61 Å². The molecule has 0 spiro atoms. The molecule has 3 rings (SSSR count). The Hall–Kier alpha value is -3.93. The van der Waals surface area contributed by atoms with Crippen molar-refractivity contribution < 1.29 is 19.1 Å². The number of benzene rings is 3. The number of carbonyl (C=O) groups excluding carboxylic acids is 3. The molecule has 0 heterocycles. The molecular weight excluding hydrogens is 404 g/mol. The van der Waals surface area contributed by atoms with E-state index in [0.29, 0.717) is 5.56 Å². The largest absolute Gasteiger partial charge is 0.454 e. The van der Waals surface area contributed by atoms with Crippen molar-refractivity contribution in [3.63, 3.8) is 0 Å². The summed E-state index contributed by atoms with van der Waals surface area (Å²) in [7, 11) is 0. The molecule has 0 fully saturated rings. The summed E-state index contributed by atoms with van der Waals surface area (Å²) in [4.78, 5) is 37.6. The summed E-state index contributed by atoms with van der Waals surface area (Å²) in [6.07, 6.45) is 0.250. The van der Waals surface area contributed by atoms with Crippen LogP contribution in [0.2, 0.25) is 0 Å². The van der Waals surface area contributed by atoms with Crippen LogP contribution in [0, 0.1) is 0 Å². The minimum atomic E-state index is -0.926. The molecule has 2 atom stereocenters. The number of ether oxygens (including phenoxy) is 1. The first-order chi connectivity index (χ1) is 15.5. The van der Waals surface area contributed by atoms with E-state index in [2.05, 4.69) is 10.6 Å². The fourth-order valence-electron chi connectivity index (χ4n) is 3.22. The van der Waals surface area contributed by atoms with Gasteiger partial charge in [0.05, 0.1) is 6.04 Å². The van der Waals surface area contributed by atoms with Gasteiger partial charge < -0.3 is 15.4 Å². The zero-order valence-electron chi connectivity index (χ0n) is 17.9. The van der Waals surface area contributed by atoms with Gasteiger partial charge in [-0.3, -0.25) is 9.59 Å². The number of esters is 1. The summed E-state index contributed by atoms with van der Waals surface area (Å²) >= 11 is 0. The number of nitrogens with one attached hydrogen (secondary N) is 2. The van der Waals surface area contributed by atoms with E-state index in [1.807, 2.05) is 73.7 Å². The summed E-state index contributed by atoms with van der Waals surface area (Å²) in [5.41, 5.74) is 2.25. The topological polar surface area (TPSA) is 84.5 Å². The minimum absolute atomic E-state index is 0.222. The van der Waals surface area contributed by atoms with Crippen LogP contribution in [0.25, 0.3) is 0 Å². The third-order valence-electron chi connectivity index (χ3n) is 4.93. The molecular formula is C26H26N2O4. The Kier molecular flexibility index (Phi) is 8.15. The molecule has 164 valence electrons. The molecule has 32 heavy (non-hydrogen) atoms. The number of amides is 2. The monoisotopic (exact) mass is 430 g/mol. The maximum Gasteiger partial charge on any atom is 0.329 e. The SMILES string of the molecule is CC(NC(=O)COC(=O)C(Cc1ccccc1)NC(=O)c1ccccc1)c1ccccc1. The highest BCUT2D eigenvalue weighted by Crippen LogP contribution is 2.11. The quantitative estimate of drug-likeness (QED) is 0.509. The molecule has 3 aromatic carbocycles. The maximum absolute atomic E-state index is 12.8. The fraction of sp³-hybridized carbons (Fsp3) is 0.192. The van der Waals surface area contributed by atoms with Crippen molar-refractivity contribution in [1.82, 2.24) is 10.6 Å². The van der Waals surface area contributed by atoms with E-state index >= 15 is 0 Å². The third-order valence-corrected chi connectivity index (χ3v) is 4.93. The van der Waals surface area contributed by atoms with E-state index in [0.717, 1.165) is 11.1 Å². The van der Waals surface area contributed by atoms with E-state index < -0.39 is 24.5 Å².